The predicted octanol–water partition coefficient (Wildman–Crippen LogP) is 5.11. The molecular formula is C18H11ClN2O2. The lowest BCUT2D eigenvalue weighted by Gasteiger charge is -2.12. The fourth-order valence-electron chi connectivity index (χ4n) is 2.57. The van der Waals surface area contributed by atoms with E-state index in [1.165, 1.54) is 6.07 Å². The first-order chi connectivity index (χ1) is 11.0. The summed E-state index contributed by atoms with van der Waals surface area (Å²) in [5.41, 5.74) is 3.88. The van der Waals surface area contributed by atoms with Gasteiger partial charge in [-0.25, -0.2) is 9.64 Å². The minimum atomic E-state index is -1.00. The molecule has 0 amide bonds. The van der Waals surface area contributed by atoms with Crippen molar-refractivity contribution in [3.63, 3.8) is 0 Å². The molecule has 0 radical (unpaired) electrons. The van der Waals surface area contributed by atoms with Gasteiger partial charge in [0.2, 0.25) is 0 Å². The van der Waals surface area contributed by atoms with Gasteiger partial charge in [-0.15, -0.1) is 0 Å². The van der Waals surface area contributed by atoms with Crippen LogP contribution < -0.4 is 0 Å². The Bertz CT molecular complexity index is 990. The lowest BCUT2D eigenvalue weighted by molar-refractivity contribution is 0.0697. The average molecular weight is 323 g/mol. The Morgan fingerprint density at radius 2 is 2.04 bits per heavy atom. The van der Waals surface area contributed by atoms with Crippen LogP contribution in [0.5, 0.6) is 0 Å². The topological polar surface area (TPSA) is 54.5 Å². The van der Waals surface area contributed by atoms with Crippen LogP contribution in [0.2, 0.25) is 5.02 Å². The molecule has 1 N–H and O–H groups in total. The zero-order valence-electron chi connectivity index (χ0n) is 12.2. The highest BCUT2D eigenvalue weighted by Gasteiger charge is 2.14. The van der Waals surface area contributed by atoms with E-state index in [-0.39, 0.29) is 5.56 Å². The quantitative estimate of drug-likeness (QED) is 0.667. The van der Waals surface area contributed by atoms with Crippen molar-refractivity contribution >= 4 is 34.2 Å². The second kappa shape index (κ2) is 5.71. The molecule has 112 valence electrons. The predicted molar refractivity (Wildman–Crippen MR) is 90.1 cm³/mol. The van der Waals surface area contributed by atoms with Gasteiger partial charge in [-0.1, -0.05) is 35.4 Å². The minimum Gasteiger partial charge on any atom is -0.478 e. The molecule has 0 unspecified atom stereocenters. The summed E-state index contributed by atoms with van der Waals surface area (Å²) in [4.78, 5) is 18.9. The Morgan fingerprint density at radius 1 is 1.26 bits per heavy atom. The van der Waals surface area contributed by atoms with Crippen LogP contribution in [0, 0.1) is 13.5 Å². The molecule has 0 saturated heterocycles. The van der Waals surface area contributed by atoms with Crippen LogP contribution in [0.1, 0.15) is 15.9 Å². The van der Waals surface area contributed by atoms with E-state index in [1.54, 1.807) is 30.5 Å². The Kier molecular flexibility index (Phi) is 3.73. The molecular weight excluding hydrogens is 312 g/mol. The SMILES string of the molecule is [C-]#[N+]c1ccc(-c2c(Cl)cnc3ccc(C(=O)O)cc23)c(C)c1. The van der Waals surface area contributed by atoms with Crippen LogP contribution >= 0.6 is 11.6 Å². The van der Waals surface area contributed by atoms with Crippen molar-refractivity contribution in [2.24, 2.45) is 0 Å². The van der Waals surface area contributed by atoms with Crippen LogP contribution in [0.15, 0.2) is 42.6 Å². The largest absolute Gasteiger partial charge is 0.478 e. The highest BCUT2D eigenvalue weighted by molar-refractivity contribution is 6.35. The third kappa shape index (κ3) is 2.63. The molecule has 2 aromatic carbocycles. The number of halogens is 1. The van der Waals surface area contributed by atoms with Gasteiger partial charge >= 0.3 is 5.97 Å². The number of hydrogen-bond donors (Lipinski definition) is 1. The molecule has 23 heavy (non-hydrogen) atoms. The van der Waals surface area contributed by atoms with E-state index in [4.69, 9.17) is 18.2 Å². The van der Waals surface area contributed by atoms with Gasteiger partial charge in [0.15, 0.2) is 5.69 Å². The molecule has 0 saturated carbocycles. The maximum Gasteiger partial charge on any atom is 0.335 e. The van der Waals surface area contributed by atoms with Crippen molar-refractivity contribution in [1.82, 2.24) is 4.98 Å². The third-order valence-electron chi connectivity index (χ3n) is 3.68. The van der Waals surface area contributed by atoms with Gasteiger partial charge in [0.1, 0.15) is 0 Å². The van der Waals surface area contributed by atoms with Gasteiger partial charge in [0.05, 0.1) is 22.7 Å². The van der Waals surface area contributed by atoms with E-state index in [2.05, 4.69) is 9.83 Å². The highest BCUT2D eigenvalue weighted by Crippen LogP contribution is 2.37. The number of carboxylic acid groups (broad SMARTS) is 1. The molecule has 0 bridgehead atoms. The molecule has 1 heterocycles. The highest BCUT2D eigenvalue weighted by atomic mass is 35.5. The van der Waals surface area contributed by atoms with Gasteiger partial charge in [-0.2, -0.15) is 0 Å². The fourth-order valence-corrected chi connectivity index (χ4v) is 2.83. The van der Waals surface area contributed by atoms with Crippen LogP contribution in [0.25, 0.3) is 26.9 Å². The second-order valence-corrected chi connectivity index (χ2v) is 5.54. The number of benzene rings is 2. The van der Waals surface area contributed by atoms with Gasteiger partial charge in [-0.05, 0) is 30.7 Å². The van der Waals surface area contributed by atoms with E-state index in [0.29, 0.717) is 21.6 Å². The second-order valence-electron chi connectivity index (χ2n) is 5.13. The number of nitrogens with zero attached hydrogens (tertiary/aromatic N) is 2. The summed E-state index contributed by atoms with van der Waals surface area (Å²) < 4.78 is 0. The average Bonchev–Trinajstić information content (AvgIpc) is 2.54. The lowest BCUT2D eigenvalue weighted by Crippen LogP contribution is -1.97. The van der Waals surface area contributed by atoms with Crippen LogP contribution in [-0.4, -0.2) is 16.1 Å². The van der Waals surface area contributed by atoms with Gasteiger partial charge < -0.3 is 5.11 Å². The summed E-state index contributed by atoms with van der Waals surface area (Å²) in [6.07, 6.45) is 1.56. The molecule has 0 aliphatic heterocycles. The molecule has 5 heteroatoms. The monoisotopic (exact) mass is 322 g/mol. The van der Waals surface area contributed by atoms with Crippen molar-refractivity contribution in [2.75, 3.05) is 0 Å². The van der Waals surface area contributed by atoms with Gasteiger partial charge in [0.25, 0.3) is 0 Å². The Labute approximate surface area is 137 Å². The first kappa shape index (κ1) is 15.0. The van der Waals surface area contributed by atoms with E-state index in [1.807, 2.05) is 13.0 Å². The lowest BCUT2D eigenvalue weighted by atomic mass is 9.96. The van der Waals surface area contributed by atoms with Crippen LogP contribution in [0.3, 0.4) is 0 Å². The minimum absolute atomic E-state index is 0.179. The van der Waals surface area contributed by atoms with E-state index >= 15 is 0 Å². The zero-order chi connectivity index (χ0) is 16.6. The summed E-state index contributed by atoms with van der Waals surface area (Å²) in [5.74, 6) is -1.00. The fraction of sp³-hybridized carbons (Fsp3) is 0.0556. The summed E-state index contributed by atoms with van der Waals surface area (Å²) in [7, 11) is 0. The van der Waals surface area contributed by atoms with Crippen molar-refractivity contribution in [1.29, 1.82) is 0 Å². The Morgan fingerprint density at radius 3 is 2.70 bits per heavy atom. The summed E-state index contributed by atoms with van der Waals surface area (Å²) in [6, 6.07) is 10.1. The Hall–Kier alpha value is -2.90. The van der Waals surface area contributed by atoms with Crippen LogP contribution in [0.4, 0.5) is 5.69 Å². The van der Waals surface area contributed by atoms with Crippen molar-refractivity contribution in [3.05, 3.63) is 70.2 Å². The standard InChI is InChI=1S/C18H11ClN2O2/c1-10-7-12(20-2)4-5-13(10)17-14-8-11(18(22)23)3-6-16(14)21-9-15(17)19/h3-9H,1H3,(H,22,23). The summed E-state index contributed by atoms with van der Waals surface area (Å²) in [5, 5.41) is 10.3. The van der Waals surface area contributed by atoms with E-state index < -0.39 is 5.97 Å². The maximum absolute atomic E-state index is 11.2. The molecule has 3 rings (SSSR count). The molecule has 4 nitrogen and oxygen atoms in total. The smallest absolute Gasteiger partial charge is 0.335 e. The van der Waals surface area contributed by atoms with Gasteiger partial charge in [0, 0.05) is 17.1 Å². The molecule has 1 aromatic heterocycles. The molecule has 0 atom stereocenters. The number of aromatic nitrogens is 1. The molecule has 0 fully saturated rings. The maximum atomic E-state index is 11.2. The third-order valence-corrected chi connectivity index (χ3v) is 3.96. The molecule has 0 aliphatic carbocycles. The molecule has 0 spiro atoms. The first-order valence-corrected chi connectivity index (χ1v) is 7.19. The van der Waals surface area contributed by atoms with Crippen molar-refractivity contribution in [3.8, 4) is 11.1 Å². The molecule has 0 aliphatic rings. The summed E-state index contributed by atoms with van der Waals surface area (Å²) >= 11 is 6.34. The van der Waals surface area contributed by atoms with E-state index in [0.717, 1.165) is 16.7 Å². The number of hydrogen-bond acceptors (Lipinski definition) is 2. The van der Waals surface area contributed by atoms with Crippen molar-refractivity contribution in [2.45, 2.75) is 6.92 Å². The number of aryl methyl sites for hydroxylation is 1. The normalized spacial score (nSPS) is 10.5. The first-order valence-electron chi connectivity index (χ1n) is 6.81. The molecule has 3 aromatic rings. The Balaban J connectivity index is 2.36. The number of aromatic carboxylic acids is 1. The number of carbonyl (C=O) groups is 1. The number of pyridine rings is 1. The van der Waals surface area contributed by atoms with E-state index in [9.17, 15) is 9.90 Å². The van der Waals surface area contributed by atoms with Crippen LogP contribution in [-0.2, 0) is 0 Å². The zero-order valence-corrected chi connectivity index (χ0v) is 12.9. The summed E-state index contributed by atoms with van der Waals surface area (Å²) in [6.45, 7) is 8.98. The number of rotatable bonds is 2. The van der Waals surface area contributed by atoms with Crippen molar-refractivity contribution < 1.29 is 9.90 Å². The number of carboxylic acids is 1. The van der Waals surface area contributed by atoms with Gasteiger partial charge in [-0.3, -0.25) is 4.98 Å². The number of fused-ring (bicyclic) bond motifs is 1.